The van der Waals surface area contributed by atoms with Gasteiger partial charge in [0.2, 0.25) is 0 Å². The summed E-state index contributed by atoms with van der Waals surface area (Å²) in [6.45, 7) is 2.54. The van der Waals surface area contributed by atoms with Gasteiger partial charge in [-0.1, -0.05) is 12.8 Å². The first-order valence-electron chi connectivity index (χ1n) is 6.48. The fraction of sp³-hybridized carbons (Fsp3) is 0.571. The van der Waals surface area contributed by atoms with Gasteiger partial charge in [-0.2, -0.15) is 0 Å². The number of nitrogens with one attached hydrogen (secondary N) is 1. The molecule has 2 rings (SSSR count). The van der Waals surface area contributed by atoms with Crippen molar-refractivity contribution in [3.63, 3.8) is 0 Å². The SMILES string of the molecule is C[C@H](NCc1cc(F)c(O)c(F)c1)C1CCCC1. The zero-order valence-corrected chi connectivity index (χ0v) is 10.5. The second-order valence-electron chi connectivity index (χ2n) is 5.12. The molecule has 1 atom stereocenters. The Hall–Kier alpha value is -1.16. The fourth-order valence-corrected chi connectivity index (χ4v) is 2.62. The Bertz CT molecular complexity index is 393. The monoisotopic (exact) mass is 255 g/mol. The molecule has 18 heavy (non-hydrogen) atoms. The topological polar surface area (TPSA) is 32.3 Å². The standard InChI is InChI=1S/C14H19F2NO/c1-9(11-4-2-3-5-11)17-8-10-6-12(15)14(18)13(16)7-10/h6-7,9,11,17-18H,2-5,8H2,1H3/t9-/m0/s1. The largest absolute Gasteiger partial charge is 0.503 e. The molecular weight excluding hydrogens is 236 g/mol. The predicted octanol–water partition coefficient (Wildman–Crippen LogP) is 3.34. The lowest BCUT2D eigenvalue weighted by Gasteiger charge is -2.20. The third kappa shape index (κ3) is 2.99. The highest BCUT2D eigenvalue weighted by Gasteiger charge is 2.21. The summed E-state index contributed by atoms with van der Waals surface area (Å²) >= 11 is 0. The Kier molecular flexibility index (Phi) is 4.17. The van der Waals surface area contributed by atoms with Crippen LogP contribution in [0.2, 0.25) is 0 Å². The minimum Gasteiger partial charge on any atom is -0.503 e. The number of phenols is 1. The quantitative estimate of drug-likeness (QED) is 0.864. The van der Waals surface area contributed by atoms with Crippen LogP contribution in [0, 0.1) is 17.6 Å². The lowest BCUT2D eigenvalue weighted by Crippen LogP contribution is -2.31. The van der Waals surface area contributed by atoms with Crippen LogP contribution < -0.4 is 5.32 Å². The zero-order chi connectivity index (χ0) is 13.1. The normalized spacial score (nSPS) is 18.2. The maximum atomic E-state index is 13.1. The van der Waals surface area contributed by atoms with E-state index in [4.69, 9.17) is 5.11 Å². The van der Waals surface area contributed by atoms with Gasteiger partial charge >= 0.3 is 0 Å². The van der Waals surface area contributed by atoms with Gasteiger partial charge in [-0.25, -0.2) is 8.78 Å². The Balaban J connectivity index is 1.93. The highest BCUT2D eigenvalue weighted by atomic mass is 19.1. The van der Waals surface area contributed by atoms with Crippen molar-refractivity contribution in [2.24, 2.45) is 5.92 Å². The summed E-state index contributed by atoms with van der Waals surface area (Å²) in [5, 5.41) is 12.3. The van der Waals surface area contributed by atoms with Gasteiger partial charge in [-0.05, 0) is 43.4 Å². The Labute approximate surface area is 106 Å². The number of rotatable bonds is 4. The Morgan fingerprint density at radius 2 is 1.83 bits per heavy atom. The molecule has 0 unspecified atom stereocenters. The summed E-state index contributed by atoms with van der Waals surface area (Å²) in [4.78, 5) is 0. The first-order valence-corrected chi connectivity index (χ1v) is 6.48. The van der Waals surface area contributed by atoms with E-state index in [1.165, 1.54) is 37.8 Å². The van der Waals surface area contributed by atoms with Crippen LogP contribution in [0.1, 0.15) is 38.2 Å². The molecular formula is C14H19F2NO. The number of phenolic OH excluding ortho intramolecular Hbond substituents is 1. The van der Waals surface area contributed by atoms with Crippen LogP contribution in [0.3, 0.4) is 0 Å². The molecule has 1 fully saturated rings. The van der Waals surface area contributed by atoms with Crippen LogP contribution in [0.4, 0.5) is 8.78 Å². The van der Waals surface area contributed by atoms with Crippen LogP contribution in [-0.2, 0) is 6.54 Å². The van der Waals surface area contributed by atoms with E-state index in [2.05, 4.69) is 12.2 Å². The summed E-state index contributed by atoms with van der Waals surface area (Å²) < 4.78 is 26.3. The smallest absolute Gasteiger partial charge is 0.187 e. The van der Waals surface area contributed by atoms with Crippen molar-refractivity contribution in [1.82, 2.24) is 5.32 Å². The van der Waals surface area contributed by atoms with Crippen LogP contribution in [0.25, 0.3) is 0 Å². The molecule has 0 aliphatic heterocycles. The molecule has 0 saturated heterocycles. The van der Waals surface area contributed by atoms with Crippen LogP contribution in [0.15, 0.2) is 12.1 Å². The highest BCUT2D eigenvalue weighted by molar-refractivity contribution is 5.29. The summed E-state index contributed by atoms with van der Waals surface area (Å²) in [5.41, 5.74) is 0.521. The summed E-state index contributed by atoms with van der Waals surface area (Å²) in [7, 11) is 0. The minimum atomic E-state index is -0.902. The minimum absolute atomic E-state index is 0.354. The van der Waals surface area contributed by atoms with Crippen molar-refractivity contribution in [3.05, 3.63) is 29.3 Å². The van der Waals surface area contributed by atoms with Crippen molar-refractivity contribution in [3.8, 4) is 5.75 Å². The molecule has 0 heterocycles. The highest BCUT2D eigenvalue weighted by Crippen LogP contribution is 2.28. The Morgan fingerprint density at radius 1 is 1.28 bits per heavy atom. The molecule has 4 heteroatoms. The lowest BCUT2D eigenvalue weighted by atomic mass is 9.99. The molecule has 2 nitrogen and oxygen atoms in total. The van der Waals surface area contributed by atoms with E-state index in [9.17, 15) is 8.78 Å². The second kappa shape index (κ2) is 5.65. The van der Waals surface area contributed by atoms with Gasteiger partial charge in [0.15, 0.2) is 17.4 Å². The van der Waals surface area contributed by atoms with Gasteiger partial charge in [0.25, 0.3) is 0 Å². The fourth-order valence-electron chi connectivity index (χ4n) is 2.62. The molecule has 0 radical (unpaired) electrons. The van der Waals surface area contributed by atoms with E-state index in [0.29, 0.717) is 24.1 Å². The van der Waals surface area contributed by atoms with E-state index < -0.39 is 17.4 Å². The maximum absolute atomic E-state index is 13.1. The third-order valence-corrected chi connectivity index (χ3v) is 3.81. The van der Waals surface area contributed by atoms with E-state index in [1.807, 2.05) is 0 Å². The van der Waals surface area contributed by atoms with Gasteiger partial charge in [-0.3, -0.25) is 0 Å². The second-order valence-corrected chi connectivity index (χ2v) is 5.12. The van der Waals surface area contributed by atoms with E-state index >= 15 is 0 Å². The van der Waals surface area contributed by atoms with Crippen molar-refractivity contribution >= 4 is 0 Å². The number of hydrogen-bond donors (Lipinski definition) is 2. The van der Waals surface area contributed by atoms with Crippen LogP contribution in [-0.4, -0.2) is 11.1 Å². The maximum Gasteiger partial charge on any atom is 0.187 e. The molecule has 1 aromatic rings. The summed E-state index contributed by atoms with van der Waals surface area (Å²) in [5.74, 6) is -2.04. The molecule has 1 aromatic carbocycles. The van der Waals surface area contributed by atoms with Gasteiger partial charge in [0.1, 0.15) is 0 Å². The van der Waals surface area contributed by atoms with Gasteiger partial charge < -0.3 is 10.4 Å². The van der Waals surface area contributed by atoms with Gasteiger partial charge in [0.05, 0.1) is 0 Å². The van der Waals surface area contributed by atoms with Crippen molar-refractivity contribution in [2.45, 2.75) is 45.2 Å². The van der Waals surface area contributed by atoms with Crippen molar-refractivity contribution in [2.75, 3.05) is 0 Å². The number of hydrogen-bond acceptors (Lipinski definition) is 2. The van der Waals surface area contributed by atoms with Gasteiger partial charge in [0, 0.05) is 12.6 Å². The molecule has 0 spiro atoms. The zero-order valence-electron chi connectivity index (χ0n) is 10.5. The number of aromatic hydroxyl groups is 1. The molecule has 1 aliphatic rings. The number of halogens is 2. The average molecular weight is 255 g/mol. The van der Waals surface area contributed by atoms with E-state index in [-0.39, 0.29) is 0 Å². The van der Waals surface area contributed by atoms with Crippen molar-refractivity contribution in [1.29, 1.82) is 0 Å². The lowest BCUT2D eigenvalue weighted by molar-refractivity contribution is 0.376. The average Bonchev–Trinajstić information content (AvgIpc) is 2.86. The first kappa shape index (κ1) is 13.3. The van der Waals surface area contributed by atoms with Crippen molar-refractivity contribution < 1.29 is 13.9 Å². The summed E-state index contributed by atoms with van der Waals surface area (Å²) in [6, 6.07) is 2.70. The third-order valence-electron chi connectivity index (χ3n) is 3.81. The first-order chi connectivity index (χ1) is 8.58. The molecule has 100 valence electrons. The predicted molar refractivity (Wildman–Crippen MR) is 66.3 cm³/mol. The van der Waals surface area contributed by atoms with Crippen LogP contribution >= 0.6 is 0 Å². The molecule has 1 aliphatic carbocycles. The van der Waals surface area contributed by atoms with E-state index in [0.717, 1.165) is 0 Å². The molecule has 0 amide bonds. The molecule has 0 bridgehead atoms. The van der Waals surface area contributed by atoms with Crippen LogP contribution in [0.5, 0.6) is 5.75 Å². The molecule has 0 aromatic heterocycles. The van der Waals surface area contributed by atoms with Gasteiger partial charge in [-0.15, -0.1) is 0 Å². The van der Waals surface area contributed by atoms with E-state index in [1.54, 1.807) is 0 Å². The molecule has 1 saturated carbocycles. The number of benzene rings is 1. The summed E-state index contributed by atoms with van der Waals surface area (Å²) in [6.07, 6.45) is 5.01. The molecule has 2 N–H and O–H groups in total. The Morgan fingerprint density at radius 3 is 2.39 bits per heavy atom.